The van der Waals surface area contributed by atoms with Crippen LogP contribution in [0.3, 0.4) is 0 Å². The summed E-state index contributed by atoms with van der Waals surface area (Å²) in [5, 5.41) is 14.4. The summed E-state index contributed by atoms with van der Waals surface area (Å²) in [6, 6.07) is 6.55. The van der Waals surface area contributed by atoms with Crippen molar-refractivity contribution in [3.63, 3.8) is 0 Å². The Balaban J connectivity index is 2.07. The number of amides is 2. The number of carboxylic acid groups (broad SMARTS) is 1. The number of methoxy groups -OCH3 is 1. The van der Waals surface area contributed by atoms with Crippen LogP contribution in [-0.2, 0) is 14.3 Å². The molecule has 3 N–H and O–H groups in total. The summed E-state index contributed by atoms with van der Waals surface area (Å²) in [6.07, 6.45) is 3.72. The van der Waals surface area contributed by atoms with E-state index in [1.807, 2.05) is 6.08 Å². The Hall–Kier alpha value is -2.83. The molecule has 2 rings (SSSR count). The number of carbonyl (C=O) groups is 3. The molecular weight excluding hydrogens is 300 g/mol. The summed E-state index contributed by atoms with van der Waals surface area (Å²) < 4.78 is 4.50. The van der Waals surface area contributed by atoms with Crippen LogP contribution >= 0.6 is 0 Å². The Bertz CT molecular complexity index is 641. The lowest BCUT2D eigenvalue weighted by Crippen LogP contribution is -2.34. The first-order valence-electron chi connectivity index (χ1n) is 7.15. The lowest BCUT2D eigenvalue weighted by Gasteiger charge is -2.24. The Morgan fingerprint density at radius 1 is 1.09 bits per heavy atom. The smallest absolute Gasteiger partial charge is 0.411 e. The van der Waals surface area contributed by atoms with Crippen molar-refractivity contribution >= 4 is 29.3 Å². The van der Waals surface area contributed by atoms with E-state index in [1.165, 1.54) is 7.11 Å². The van der Waals surface area contributed by atoms with E-state index in [-0.39, 0.29) is 5.91 Å². The van der Waals surface area contributed by atoms with Crippen LogP contribution in [0.2, 0.25) is 0 Å². The molecule has 23 heavy (non-hydrogen) atoms. The van der Waals surface area contributed by atoms with Crippen LogP contribution in [0.5, 0.6) is 0 Å². The van der Waals surface area contributed by atoms with Gasteiger partial charge in [-0.2, -0.15) is 0 Å². The van der Waals surface area contributed by atoms with Gasteiger partial charge in [0.1, 0.15) is 0 Å². The summed E-state index contributed by atoms with van der Waals surface area (Å²) in [4.78, 5) is 34.8. The Morgan fingerprint density at radius 2 is 1.70 bits per heavy atom. The van der Waals surface area contributed by atoms with Gasteiger partial charge in [0.25, 0.3) is 0 Å². The van der Waals surface area contributed by atoms with Crippen LogP contribution in [0.4, 0.5) is 16.2 Å². The quantitative estimate of drug-likeness (QED) is 0.740. The first kappa shape index (κ1) is 16.5. The molecule has 7 nitrogen and oxygen atoms in total. The second-order valence-corrected chi connectivity index (χ2v) is 5.18. The third-order valence-electron chi connectivity index (χ3n) is 3.65. The maximum Gasteiger partial charge on any atom is 0.411 e. The monoisotopic (exact) mass is 318 g/mol. The van der Waals surface area contributed by atoms with Crippen molar-refractivity contribution < 1.29 is 24.2 Å². The fourth-order valence-corrected chi connectivity index (χ4v) is 2.46. The number of carboxylic acids is 1. The first-order valence-corrected chi connectivity index (χ1v) is 7.15. The number of carbonyl (C=O) groups excluding carboxylic acids is 2. The van der Waals surface area contributed by atoms with E-state index < -0.39 is 23.9 Å². The minimum absolute atomic E-state index is 0.345. The minimum Gasteiger partial charge on any atom is -0.481 e. The number of anilines is 2. The standard InChI is InChI=1S/C16H18N2O5/c1-23-16(22)18-11-6-4-5-10(9-11)17-14(19)12-7-2-3-8-13(12)15(20)21/h2-6,9,12-13H,7-8H2,1H3,(H,17,19)(H,18,22)(H,20,21)/t12-,13+/m1/s1. The highest BCUT2D eigenvalue weighted by atomic mass is 16.5. The number of aliphatic carboxylic acids is 1. The van der Waals surface area contributed by atoms with Crippen molar-refractivity contribution in [3.05, 3.63) is 36.4 Å². The fraction of sp³-hybridized carbons (Fsp3) is 0.312. The molecule has 0 aromatic heterocycles. The molecule has 0 unspecified atom stereocenters. The van der Waals surface area contributed by atoms with Crippen LogP contribution < -0.4 is 10.6 Å². The van der Waals surface area contributed by atoms with E-state index >= 15 is 0 Å². The summed E-state index contributed by atoms with van der Waals surface area (Å²) in [7, 11) is 1.25. The molecule has 0 radical (unpaired) electrons. The van der Waals surface area contributed by atoms with Gasteiger partial charge in [0.15, 0.2) is 0 Å². The largest absolute Gasteiger partial charge is 0.481 e. The molecule has 0 aliphatic heterocycles. The van der Waals surface area contributed by atoms with E-state index in [1.54, 1.807) is 30.3 Å². The molecular formula is C16H18N2O5. The summed E-state index contributed by atoms with van der Waals surface area (Å²) in [5.41, 5.74) is 0.940. The summed E-state index contributed by atoms with van der Waals surface area (Å²) >= 11 is 0. The molecule has 0 heterocycles. The molecule has 0 saturated carbocycles. The number of allylic oxidation sites excluding steroid dienone is 2. The molecule has 1 aromatic rings. The number of rotatable bonds is 4. The van der Waals surface area contributed by atoms with Crippen molar-refractivity contribution in [1.29, 1.82) is 0 Å². The van der Waals surface area contributed by atoms with Gasteiger partial charge in [-0.15, -0.1) is 0 Å². The fourth-order valence-electron chi connectivity index (χ4n) is 2.46. The molecule has 0 saturated heterocycles. The molecule has 2 atom stereocenters. The van der Waals surface area contributed by atoms with Gasteiger partial charge >= 0.3 is 12.1 Å². The summed E-state index contributed by atoms with van der Waals surface area (Å²) in [5.74, 6) is -2.67. The zero-order valence-corrected chi connectivity index (χ0v) is 12.6. The average Bonchev–Trinajstić information content (AvgIpc) is 2.55. The number of ether oxygens (including phenoxy) is 1. The van der Waals surface area contributed by atoms with Gasteiger partial charge in [0, 0.05) is 11.4 Å². The van der Waals surface area contributed by atoms with Crippen molar-refractivity contribution in [2.24, 2.45) is 11.8 Å². The van der Waals surface area contributed by atoms with Gasteiger partial charge in [-0.05, 0) is 31.0 Å². The predicted octanol–water partition coefficient (Wildman–Crippen LogP) is 2.47. The van der Waals surface area contributed by atoms with Gasteiger partial charge in [-0.25, -0.2) is 4.79 Å². The molecule has 0 fully saturated rings. The highest BCUT2D eigenvalue weighted by Gasteiger charge is 2.33. The zero-order chi connectivity index (χ0) is 16.8. The lowest BCUT2D eigenvalue weighted by molar-refractivity contribution is -0.146. The maximum atomic E-state index is 12.4. The molecule has 1 aromatic carbocycles. The van der Waals surface area contributed by atoms with Gasteiger partial charge in [0.05, 0.1) is 18.9 Å². The Morgan fingerprint density at radius 3 is 2.30 bits per heavy atom. The van der Waals surface area contributed by atoms with Crippen molar-refractivity contribution in [1.82, 2.24) is 0 Å². The lowest BCUT2D eigenvalue weighted by atomic mass is 9.82. The van der Waals surface area contributed by atoms with Crippen molar-refractivity contribution in [3.8, 4) is 0 Å². The van der Waals surface area contributed by atoms with E-state index in [0.29, 0.717) is 24.2 Å². The second kappa shape index (κ2) is 7.44. The SMILES string of the molecule is COC(=O)Nc1cccc(NC(=O)[C@@H]2CC=CC[C@@H]2C(=O)O)c1. The molecule has 0 bridgehead atoms. The molecule has 0 spiro atoms. The van der Waals surface area contributed by atoms with E-state index in [2.05, 4.69) is 15.4 Å². The first-order chi connectivity index (χ1) is 11.0. The molecule has 7 heteroatoms. The van der Waals surface area contributed by atoms with Gasteiger partial charge in [-0.1, -0.05) is 18.2 Å². The van der Waals surface area contributed by atoms with Crippen LogP contribution in [0.1, 0.15) is 12.8 Å². The van der Waals surface area contributed by atoms with Crippen molar-refractivity contribution in [2.45, 2.75) is 12.8 Å². The Kier molecular flexibility index (Phi) is 5.35. The minimum atomic E-state index is -0.976. The normalized spacial score (nSPS) is 19.7. The van der Waals surface area contributed by atoms with E-state index in [4.69, 9.17) is 0 Å². The van der Waals surface area contributed by atoms with Gasteiger partial charge in [0.2, 0.25) is 5.91 Å². The number of nitrogens with one attached hydrogen (secondary N) is 2. The maximum absolute atomic E-state index is 12.4. The molecule has 1 aliphatic rings. The highest BCUT2D eigenvalue weighted by molar-refractivity contribution is 5.96. The predicted molar refractivity (Wildman–Crippen MR) is 84.1 cm³/mol. The zero-order valence-electron chi connectivity index (χ0n) is 12.6. The number of benzene rings is 1. The average molecular weight is 318 g/mol. The van der Waals surface area contributed by atoms with Crippen LogP contribution in [0, 0.1) is 11.8 Å². The molecule has 122 valence electrons. The molecule has 2 amide bonds. The third-order valence-corrected chi connectivity index (χ3v) is 3.65. The Labute approximate surface area is 133 Å². The van der Waals surface area contributed by atoms with Crippen LogP contribution in [-0.4, -0.2) is 30.2 Å². The highest BCUT2D eigenvalue weighted by Crippen LogP contribution is 2.27. The van der Waals surface area contributed by atoms with Crippen LogP contribution in [0.25, 0.3) is 0 Å². The van der Waals surface area contributed by atoms with Gasteiger partial charge in [-0.3, -0.25) is 14.9 Å². The number of hydrogen-bond donors (Lipinski definition) is 3. The van der Waals surface area contributed by atoms with E-state index in [9.17, 15) is 19.5 Å². The van der Waals surface area contributed by atoms with E-state index in [0.717, 1.165) is 0 Å². The summed E-state index contributed by atoms with van der Waals surface area (Å²) in [6.45, 7) is 0. The topological polar surface area (TPSA) is 105 Å². The second-order valence-electron chi connectivity index (χ2n) is 5.18. The van der Waals surface area contributed by atoms with Crippen LogP contribution in [0.15, 0.2) is 36.4 Å². The molecule has 1 aliphatic carbocycles. The number of hydrogen-bond acceptors (Lipinski definition) is 4. The third kappa shape index (κ3) is 4.32. The van der Waals surface area contributed by atoms with Gasteiger partial charge < -0.3 is 15.2 Å². The van der Waals surface area contributed by atoms with Crippen molar-refractivity contribution in [2.75, 3.05) is 17.7 Å².